The van der Waals surface area contributed by atoms with Gasteiger partial charge in [0.15, 0.2) is 0 Å². The number of nitrogens with zero attached hydrogens (tertiary/aromatic N) is 1. The molecule has 2 aromatic rings. The summed E-state index contributed by atoms with van der Waals surface area (Å²) in [6, 6.07) is 8.24. The number of hydrogen-bond donors (Lipinski definition) is 2. The van der Waals surface area contributed by atoms with E-state index in [2.05, 4.69) is 10.6 Å². The fraction of sp³-hybridized carbons (Fsp3) is 0.261. The van der Waals surface area contributed by atoms with Crippen LogP contribution in [0, 0.1) is 19.7 Å². The number of carbonyl (C=O) groups excluding carboxylic acids is 3. The first-order valence-electron chi connectivity index (χ1n) is 9.90. The predicted octanol–water partition coefficient (Wildman–Crippen LogP) is 3.40. The first-order valence-corrected chi connectivity index (χ1v) is 9.90. The highest BCUT2D eigenvalue weighted by Gasteiger charge is 2.33. The summed E-state index contributed by atoms with van der Waals surface area (Å²) >= 11 is 0. The highest BCUT2D eigenvalue weighted by atomic mass is 19.1. The smallest absolute Gasteiger partial charge is 0.414 e. The maximum absolute atomic E-state index is 14.9. The lowest BCUT2D eigenvalue weighted by Gasteiger charge is -2.14. The van der Waals surface area contributed by atoms with Gasteiger partial charge in [-0.25, -0.2) is 9.18 Å². The molecule has 3 amide bonds. The Hall–Kier alpha value is -3.68. The van der Waals surface area contributed by atoms with Gasteiger partial charge >= 0.3 is 6.09 Å². The molecule has 2 aromatic carbocycles. The van der Waals surface area contributed by atoms with Crippen molar-refractivity contribution in [1.29, 1.82) is 0 Å². The number of fused-ring (bicyclic) bond motifs is 1. The topological polar surface area (TPSA) is 87.7 Å². The lowest BCUT2D eigenvalue weighted by Crippen LogP contribution is -2.33. The minimum absolute atomic E-state index is 0.192. The summed E-state index contributed by atoms with van der Waals surface area (Å²) in [6.07, 6.45) is 0.413. The van der Waals surface area contributed by atoms with Crippen LogP contribution in [0.4, 0.5) is 20.6 Å². The normalized spacial score (nSPS) is 18.8. The monoisotopic (exact) mass is 423 g/mol. The summed E-state index contributed by atoms with van der Waals surface area (Å²) in [4.78, 5) is 37.0. The molecule has 4 rings (SSSR count). The zero-order valence-corrected chi connectivity index (χ0v) is 17.4. The number of cyclic esters (lactones) is 1. The van der Waals surface area contributed by atoms with Crippen LogP contribution in [0.3, 0.4) is 0 Å². The largest absolute Gasteiger partial charge is 0.442 e. The number of rotatable bonds is 4. The molecule has 0 bridgehead atoms. The number of hydrogen-bond acceptors (Lipinski definition) is 4. The van der Waals surface area contributed by atoms with E-state index in [1.165, 1.54) is 30.0 Å². The lowest BCUT2D eigenvalue weighted by atomic mass is 9.97. The minimum Gasteiger partial charge on any atom is -0.442 e. The Morgan fingerprint density at radius 1 is 1.26 bits per heavy atom. The Labute approximate surface area is 178 Å². The predicted molar refractivity (Wildman–Crippen MR) is 115 cm³/mol. The Kier molecular flexibility index (Phi) is 5.22. The molecule has 2 aliphatic rings. The number of aryl methyl sites for hydroxylation is 2. The molecule has 2 aliphatic heterocycles. The number of nitrogens with one attached hydrogen (secondary N) is 2. The third-order valence-corrected chi connectivity index (χ3v) is 5.42. The molecule has 2 heterocycles. The van der Waals surface area contributed by atoms with E-state index in [1.54, 1.807) is 6.07 Å². The van der Waals surface area contributed by atoms with Crippen LogP contribution in [0.5, 0.6) is 0 Å². The molecule has 0 aliphatic carbocycles. The summed E-state index contributed by atoms with van der Waals surface area (Å²) in [7, 11) is 0. The fourth-order valence-corrected chi connectivity index (χ4v) is 3.80. The number of carbonyl (C=O) groups is 3. The molecular formula is C23H22FN3O4. The number of halogens is 1. The van der Waals surface area contributed by atoms with Gasteiger partial charge < -0.3 is 15.4 Å². The molecule has 0 radical (unpaired) electrons. The van der Waals surface area contributed by atoms with Crippen LogP contribution in [0.2, 0.25) is 0 Å². The van der Waals surface area contributed by atoms with E-state index in [-0.39, 0.29) is 30.5 Å². The lowest BCUT2D eigenvalue weighted by molar-refractivity contribution is -0.119. The average Bonchev–Trinajstić information content (AvgIpc) is 3.25. The number of amides is 3. The van der Waals surface area contributed by atoms with Gasteiger partial charge in [-0.3, -0.25) is 14.5 Å². The maximum atomic E-state index is 14.9. The van der Waals surface area contributed by atoms with Gasteiger partial charge in [0.1, 0.15) is 11.9 Å². The van der Waals surface area contributed by atoms with Gasteiger partial charge in [0.05, 0.1) is 24.5 Å². The molecule has 1 saturated heterocycles. The van der Waals surface area contributed by atoms with E-state index >= 15 is 0 Å². The summed E-state index contributed by atoms with van der Waals surface area (Å²) in [5.74, 6) is -1.06. The van der Waals surface area contributed by atoms with E-state index in [0.29, 0.717) is 11.3 Å². The van der Waals surface area contributed by atoms with E-state index in [9.17, 15) is 18.8 Å². The molecule has 1 unspecified atom stereocenters. The summed E-state index contributed by atoms with van der Waals surface area (Å²) < 4.78 is 20.1. The van der Waals surface area contributed by atoms with Crippen molar-refractivity contribution in [3.8, 4) is 0 Å². The van der Waals surface area contributed by atoms with Crippen LogP contribution in [0.25, 0.3) is 11.6 Å². The van der Waals surface area contributed by atoms with Crippen molar-refractivity contribution in [2.45, 2.75) is 26.9 Å². The molecular weight excluding hydrogens is 401 g/mol. The van der Waals surface area contributed by atoms with Gasteiger partial charge in [0.25, 0.3) is 5.91 Å². The molecule has 31 heavy (non-hydrogen) atoms. The SMILES string of the molecule is CC(=O)NCC1CN(c2ccc(/C=C3/C(=O)Nc4c(C)ccc(C)c43)c(F)c2)C(=O)O1. The second-order valence-electron chi connectivity index (χ2n) is 7.72. The molecule has 2 N–H and O–H groups in total. The van der Waals surface area contributed by atoms with Gasteiger partial charge in [-0.1, -0.05) is 12.1 Å². The number of benzene rings is 2. The standard InChI is InChI=1S/C23H22FN3O4/c1-12-4-5-13(2)21-20(12)18(22(29)26-21)8-15-6-7-16(9-19(15)24)27-11-17(31-23(27)30)10-25-14(3)28/h4-9,17H,10-11H2,1-3H3,(H,25,28)(H,26,29)/b18-8+. The zero-order valence-electron chi connectivity index (χ0n) is 17.4. The van der Waals surface area contributed by atoms with E-state index in [4.69, 9.17) is 4.74 Å². The van der Waals surface area contributed by atoms with Crippen LogP contribution < -0.4 is 15.5 Å². The first kappa shape index (κ1) is 20.6. The molecule has 1 fully saturated rings. The van der Waals surface area contributed by atoms with Crippen molar-refractivity contribution in [2.75, 3.05) is 23.3 Å². The molecule has 0 saturated carbocycles. The number of anilines is 2. The van der Waals surface area contributed by atoms with E-state index in [1.807, 2.05) is 26.0 Å². The van der Waals surface area contributed by atoms with Gasteiger partial charge in [-0.2, -0.15) is 0 Å². The van der Waals surface area contributed by atoms with Crippen molar-refractivity contribution >= 4 is 40.9 Å². The van der Waals surface area contributed by atoms with E-state index in [0.717, 1.165) is 22.4 Å². The molecule has 8 heteroatoms. The van der Waals surface area contributed by atoms with Crippen LogP contribution in [0.15, 0.2) is 30.3 Å². The summed E-state index contributed by atoms with van der Waals surface area (Å²) in [5, 5.41) is 5.45. The summed E-state index contributed by atoms with van der Waals surface area (Å²) in [5.41, 5.74) is 4.37. The number of ether oxygens (including phenoxy) is 1. The highest BCUT2D eigenvalue weighted by molar-refractivity contribution is 6.35. The Morgan fingerprint density at radius 2 is 2.00 bits per heavy atom. The third kappa shape index (κ3) is 3.88. The fourth-order valence-electron chi connectivity index (χ4n) is 3.80. The van der Waals surface area contributed by atoms with Crippen LogP contribution in [-0.2, 0) is 14.3 Å². The molecule has 1 atom stereocenters. The van der Waals surface area contributed by atoms with Crippen LogP contribution in [0.1, 0.15) is 29.2 Å². The van der Waals surface area contributed by atoms with E-state index < -0.39 is 18.0 Å². The van der Waals surface area contributed by atoms with Crippen molar-refractivity contribution in [3.05, 3.63) is 58.4 Å². The highest BCUT2D eigenvalue weighted by Crippen LogP contribution is 2.38. The first-order chi connectivity index (χ1) is 14.7. The minimum atomic E-state index is -0.601. The average molecular weight is 423 g/mol. The van der Waals surface area contributed by atoms with Gasteiger partial charge in [-0.05, 0) is 49.2 Å². The summed E-state index contributed by atoms with van der Waals surface area (Å²) in [6.45, 7) is 5.58. The Morgan fingerprint density at radius 3 is 2.71 bits per heavy atom. The molecule has 0 aromatic heterocycles. The molecule has 160 valence electrons. The van der Waals surface area contributed by atoms with Crippen molar-refractivity contribution in [1.82, 2.24) is 5.32 Å². The van der Waals surface area contributed by atoms with Crippen LogP contribution >= 0.6 is 0 Å². The van der Waals surface area contributed by atoms with Gasteiger partial charge in [-0.15, -0.1) is 0 Å². The van der Waals surface area contributed by atoms with Crippen molar-refractivity contribution in [3.63, 3.8) is 0 Å². The quantitative estimate of drug-likeness (QED) is 0.738. The van der Waals surface area contributed by atoms with Crippen LogP contribution in [-0.4, -0.2) is 37.1 Å². The second-order valence-corrected chi connectivity index (χ2v) is 7.72. The molecule has 0 spiro atoms. The Bertz CT molecular complexity index is 1140. The van der Waals surface area contributed by atoms with Gasteiger partial charge in [0, 0.05) is 23.6 Å². The second kappa shape index (κ2) is 7.86. The van der Waals surface area contributed by atoms with Gasteiger partial charge in [0.2, 0.25) is 5.91 Å². The van der Waals surface area contributed by atoms with Crippen molar-refractivity contribution < 1.29 is 23.5 Å². The zero-order chi connectivity index (χ0) is 22.3. The Balaban J connectivity index is 1.60. The maximum Gasteiger partial charge on any atom is 0.414 e. The third-order valence-electron chi connectivity index (χ3n) is 5.42. The molecule has 7 nitrogen and oxygen atoms in total. The van der Waals surface area contributed by atoms with Crippen molar-refractivity contribution in [2.24, 2.45) is 0 Å².